The summed E-state index contributed by atoms with van der Waals surface area (Å²) in [5.41, 5.74) is 1.61. The lowest BCUT2D eigenvalue weighted by molar-refractivity contribution is -0.384. The lowest BCUT2D eigenvalue weighted by atomic mass is 9.96. The Balaban J connectivity index is 1.59. The van der Waals surface area contributed by atoms with Gasteiger partial charge in [0.15, 0.2) is 0 Å². The molecule has 28 heavy (non-hydrogen) atoms. The number of nitro groups is 1. The van der Waals surface area contributed by atoms with Crippen molar-refractivity contribution in [3.8, 4) is 0 Å². The second kappa shape index (κ2) is 8.93. The molecule has 0 aromatic heterocycles. The topological polar surface area (TPSA) is 75.5 Å². The van der Waals surface area contributed by atoms with E-state index >= 15 is 0 Å². The average Bonchev–Trinajstić information content (AvgIpc) is 2.68. The van der Waals surface area contributed by atoms with Crippen molar-refractivity contribution in [2.24, 2.45) is 5.92 Å². The summed E-state index contributed by atoms with van der Waals surface area (Å²) in [6.07, 6.45) is 1.70. The smallest absolute Gasteiger partial charge is 0.269 e. The van der Waals surface area contributed by atoms with Crippen LogP contribution in [0, 0.1) is 21.8 Å². The summed E-state index contributed by atoms with van der Waals surface area (Å²) in [5, 5.41) is 13.9. The van der Waals surface area contributed by atoms with Crippen molar-refractivity contribution in [1.82, 2.24) is 10.2 Å². The number of piperidine rings is 1. The number of likely N-dealkylation sites (tertiary alicyclic amines) is 1. The fourth-order valence-corrected chi connectivity index (χ4v) is 3.63. The number of benzene rings is 2. The standard InChI is InChI=1S/C21H24FN3O3/c1-15(17-6-3-9-20(12-17)25(27)28)23-21(26)18-7-4-10-24(14-18)13-16-5-2-8-19(22)11-16/h2-3,5-6,8-9,11-12,15,18H,4,7,10,13-14H2,1H3,(H,23,26). The zero-order valence-corrected chi connectivity index (χ0v) is 15.8. The monoisotopic (exact) mass is 385 g/mol. The average molecular weight is 385 g/mol. The first-order chi connectivity index (χ1) is 13.4. The number of nitrogens with one attached hydrogen (secondary N) is 1. The number of nitro benzene ring substituents is 1. The van der Waals surface area contributed by atoms with E-state index in [2.05, 4.69) is 10.2 Å². The second-order valence-electron chi connectivity index (χ2n) is 7.29. The van der Waals surface area contributed by atoms with Crippen LogP contribution in [-0.2, 0) is 11.3 Å². The zero-order chi connectivity index (χ0) is 20.1. The van der Waals surface area contributed by atoms with Crippen LogP contribution in [0.5, 0.6) is 0 Å². The number of non-ortho nitro benzene ring substituents is 1. The number of nitrogens with zero attached hydrogens (tertiary/aromatic N) is 2. The first-order valence-electron chi connectivity index (χ1n) is 9.44. The van der Waals surface area contributed by atoms with E-state index in [4.69, 9.17) is 0 Å². The number of halogens is 1. The molecular formula is C21H24FN3O3. The minimum Gasteiger partial charge on any atom is -0.349 e. The number of hydrogen-bond donors (Lipinski definition) is 1. The van der Waals surface area contributed by atoms with Crippen molar-refractivity contribution in [3.63, 3.8) is 0 Å². The lowest BCUT2D eigenvalue weighted by Gasteiger charge is -2.32. The molecule has 2 aromatic rings. The molecule has 2 unspecified atom stereocenters. The minimum absolute atomic E-state index is 0.0116. The molecule has 1 heterocycles. The van der Waals surface area contributed by atoms with Crippen molar-refractivity contribution in [2.75, 3.05) is 13.1 Å². The van der Waals surface area contributed by atoms with Crippen molar-refractivity contribution in [1.29, 1.82) is 0 Å². The molecule has 2 atom stereocenters. The predicted molar refractivity (Wildman–Crippen MR) is 104 cm³/mol. The summed E-state index contributed by atoms with van der Waals surface area (Å²) in [5.74, 6) is -0.457. The Morgan fingerprint density at radius 3 is 2.86 bits per heavy atom. The third-order valence-corrected chi connectivity index (χ3v) is 5.11. The molecule has 0 saturated carbocycles. The van der Waals surface area contributed by atoms with E-state index < -0.39 is 4.92 Å². The van der Waals surface area contributed by atoms with Crippen LogP contribution in [0.25, 0.3) is 0 Å². The van der Waals surface area contributed by atoms with E-state index in [1.807, 2.05) is 13.0 Å². The predicted octanol–water partition coefficient (Wildman–Crippen LogP) is 3.82. The van der Waals surface area contributed by atoms with Crippen LogP contribution >= 0.6 is 0 Å². The molecule has 0 bridgehead atoms. The van der Waals surface area contributed by atoms with E-state index in [0.29, 0.717) is 18.7 Å². The van der Waals surface area contributed by atoms with Crippen LogP contribution < -0.4 is 5.32 Å². The van der Waals surface area contributed by atoms with E-state index in [9.17, 15) is 19.3 Å². The van der Waals surface area contributed by atoms with Gasteiger partial charge >= 0.3 is 0 Å². The first-order valence-corrected chi connectivity index (χ1v) is 9.44. The van der Waals surface area contributed by atoms with Gasteiger partial charge in [-0.3, -0.25) is 19.8 Å². The summed E-state index contributed by atoms with van der Waals surface area (Å²) < 4.78 is 13.4. The molecule has 0 aliphatic carbocycles. The Morgan fingerprint density at radius 1 is 1.32 bits per heavy atom. The van der Waals surface area contributed by atoms with Gasteiger partial charge in [0.1, 0.15) is 5.82 Å². The van der Waals surface area contributed by atoms with Crippen molar-refractivity contribution in [3.05, 3.63) is 75.6 Å². The summed E-state index contributed by atoms with van der Waals surface area (Å²) in [7, 11) is 0. The molecular weight excluding hydrogens is 361 g/mol. The van der Waals surface area contributed by atoms with Crippen LogP contribution in [0.3, 0.4) is 0 Å². The Labute approximate surface area is 163 Å². The van der Waals surface area contributed by atoms with Gasteiger partial charge in [-0.1, -0.05) is 24.3 Å². The molecule has 7 heteroatoms. The number of rotatable bonds is 6. The molecule has 0 radical (unpaired) electrons. The fourth-order valence-electron chi connectivity index (χ4n) is 3.63. The maximum atomic E-state index is 13.4. The van der Waals surface area contributed by atoms with Gasteiger partial charge in [0.2, 0.25) is 5.91 Å². The zero-order valence-electron chi connectivity index (χ0n) is 15.8. The minimum atomic E-state index is -0.441. The Bertz CT molecular complexity index is 858. The van der Waals surface area contributed by atoms with Gasteiger partial charge in [-0.15, -0.1) is 0 Å². The highest BCUT2D eigenvalue weighted by atomic mass is 19.1. The number of hydrogen-bond acceptors (Lipinski definition) is 4. The SMILES string of the molecule is CC(NC(=O)C1CCCN(Cc2cccc(F)c2)C1)c1cccc([N+](=O)[O-])c1. The van der Waals surface area contributed by atoms with Crippen LogP contribution in [0.1, 0.15) is 36.9 Å². The molecule has 1 aliphatic rings. The van der Waals surface area contributed by atoms with Gasteiger partial charge in [0, 0.05) is 25.2 Å². The molecule has 1 aliphatic heterocycles. The van der Waals surface area contributed by atoms with Crippen LogP contribution in [-0.4, -0.2) is 28.8 Å². The van der Waals surface area contributed by atoms with E-state index in [1.165, 1.54) is 24.3 Å². The molecule has 0 spiro atoms. The lowest BCUT2D eigenvalue weighted by Crippen LogP contribution is -2.43. The third kappa shape index (κ3) is 5.13. The Kier molecular flexibility index (Phi) is 6.36. The fraction of sp³-hybridized carbons (Fsp3) is 0.381. The Morgan fingerprint density at radius 2 is 2.11 bits per heavy atom. The molecule has 148 valence electrons. The molecule has 2 aromatic carbocycles. The van der Waals surface area contributed by atoms with E-state index in [0.717, 1.165) is 24.9 Å². The molecule has 1 amide bonds. The second-order valence-corrected chi connectivity index (χ2v) is 7.29. The summed E-state index contributed by atoms with van der Waals surface area (Å²) in [4.78, 5) is 25.4. The summed E-state index contributed by atoms with van der Waals surface area (Å²) in [6, 6.07) is 12.5. The number of carbonyl (C=O) groups excluding carboxylic acids is 1. The summed E-state index contributed by atoms with van der Waals surface area (Å²) >= 11 is 0. The third-order valence-electron chi connectivity index (χ3n) is 5.11. The van der Waals surface area contributed by atoms with Gasteiger partial charge < -0.3 is 5.32 Å². The molecule has 6 nitrogen and oxygen atoms in total. The quantitative estimate of drug-likeness (QED) is 0.606. The number of amides is 1. The molecule has 1 N–H and O–H groups in total. The van der Waals surface area contributed by atoms with Gasteiger partial charge in [0.05, 0.1) is 16.9 Å². The van der Waals surface area contributed by atoms with Gasteiger partial charge in [-0.2, -0.15) is 0 Å². The normalized spacial score (nSPS) is 18.4. The molecule has 3 rings (SSSR count). The van der Waals surface area contributed by atoms with Gasteiger partial charge in [-0.25, -0.2) is 4.39 Å². The van der Waals surface area contributed by atoms with Crippen LogP contribution in [0.2, 0.25) is 0 Å². The van der Waals surface area contributed by atoms with Crippen LogP contribution in [0.4, 0.5) is 10.1 Å². The maximum Gasteiger partial charge on any atom is 0.269 e. The summed E-state index contributed by atoms with van der Waals surface area (Å²) in [6.45, 7) is 3.93. The highest BCUT2D eigenvalue weighted by Crippen LogP contribution is 2.22. The van der Waals surface area contributed by atoms with Crippen molar-refractivity contribution < 1.29 is 14.1 Å². The van der Waals surface area contributed by atoms with Crippen LogP contribution in [0.15, 0.2) is 48.5 Å². The number of carbonyl (C=O) groups is 1. The van der Waals surface area contributed by atoms with Gasteiger partial charge in [0.25, 0.3) is 5.69 Å². The van der Waals surface area contributed by atoms with E-state index in [1.54, 1.807) is 18.2 Å². The maximum absolute atomic E-state index is 13.4. The highest BCUT2D eigenvalue weighted by molar-refractivity contribution is 5.79. The van der Waals surface area contributed by atoms with E-state index in [-0.39, 0.29) is 29.4 Å². The Hall–Kier alpha value is -2.80. The highest BCUT2D eigenvalue weighted by Gasteiger charge is 2.27. The van der Waals surface area contributed by atoms with Gasteiger partial charge in [-0.05, 0) is 49.6 Å². The first kappa shape index (κ1) is 19.9. The molecule has 1 saturated heterocycles. The largest absolute Gasteiger partial charge is 0.349 e. The van der Waals surface area contributed by atoms with Crippen molar-refractivity contribution in [2.45, 2.75) is 32.4 Å². The molecule has 1 fully saturated rings. The van der Waals surface area contributed by atoms with Crippen molar-refractivity contribution >= 4 is 11.6 Å².